The van der Waals surface area contributed by atoms with E-state index < -0.39 is 0 Å². The summed E-state index contributed by atoms with van der Waals surface area (Å²) in [6, 6.07) is 13.4. The molecule has 0 aliphatic rings. The highest BCUT2D eigenvalue weighted by molar-refractivity contribution is 6.04. The Kier molecular flexibility index (Phi) is 5.86. The third kappa shape index (κ3) is 4.96. The molecule has 1 unspecified atom stereocenters. The van der Waals surface area contributed by atoms with Crippen molar-refractivity contribution in [1.29, 1.82) is 0 Å². The largest absolute Gasteiger partial charge is 0.350 e. The highest BCUT2D eigenvalue weighted by Gasteiger charge is 2.11. The van der Waals surface area contributed by atoms with E-state index in [1.807, 2.05) is 0 Å². The number of pyridine rings is 2. The van der Waals surface area contributed by atoms with Gasteiger partial charge in [-0.1, -0.05) is 12.1 Å². The van der Waals surface area contributed by atoms with E-state index in [1.165, 1.54) is 6.20 Å². The molecule has 27 heavy (non-hydrogen) atoms. The second kappa shape index (κ2) is 8.68. The molecular formula is C20H19N5O2. The van der Waals surface area contributed by atoms with Crippen molar-refractivity contribution in [2.45, 2.75) is 6.04 Å². The molecule has 7 nitrogen and oxygen atoms in total. The van der Waals surface area contributed by atoms with Crippen molar-refractivity contribution in [3.05, 3.63) is 90.0 Å². The lowest BCUT2D eigenvalue weighted by atomic mass is 10.0. The van der Waals surface area contributed by atoms with E-state index in [4.69, 9.17) is 5.73 Å². The third-order valence-electron chi connectivity index (χ3n) is 3.95. The predicted octanol–water partition coefficient (Wildman–Crippen LogP) is 2.16. The molecule has 136 valence electrons. The zero-order valence-corrected chi connectivity index (χ0v) is 14.5. The van der Waals surface area contributed by atoms with E-state index in [-0.39, 0.29) is 24.4 Å². The molecule has 2 heterocycles. The van der Waals surface area contributed by atoms with E-state index in [0.717, 1.165) is 5.56 Å². The van der Waals surface area contributed by atoms with Crippen molar-refractivity contribution >= 4 is 17.5 Å². The normalized spacial score (nSPS) is 11.4. The van der Waals surface area contributed by atoms with E-state index in [2.05, 4.69) is 20.6 Å². The van der Waals surface area contributed by atoms with Crippen molar-refractivity contribution in [2.75, 3.05) is 11.9 Å². The summed E-state index contributed by atoms with van der Waals surface area (Å²) in [4.78, 5) is 32.1. The van der Waals surface area contributed by atoms with Gasteiger partial charge in [-0.25, -0.2) is 0 Å². The molecule has 0 saturated heterocycles. The van der Waals surface area contributed by atoms with Crippen LogP contribution in [0.2, 0.25) is 0 Å². The van der Waals surface area contributed by atoms with Gasteiger partial charge < -0.3 is 16.4 Å². The number of amides is 2. The number of nitrogens with one attached hydrogen (secondary N) is 2. The number of carbonyl (C=O) groups is 2. The van der Waals surface area contributed by atoms with Crippen LogP contribution in [0.25, 0.3) is 0 Å². The lowest BCUT2D eigenvalue weighted by molar-refractivity contribution is 0.0950. The number of carbonyl (C=O) groups excluding carboxylic acids is 2. The number of benzene rings is 1. The van der Waals surface area contributed by atoms with Gasteiger partial charge in [0.1, 0.15) is 0 Å². The molecule has 0 saturated carbocycles. The first-order chi connectivity index (χ1) is 13.1. The van der Waals surface area contributed by atoms with E-state index in [9.17, 15) is 9.59 Å². The van der Waals surface area contributed by atoms with Crippen LogP contribution in [-0.4, -0.2) is 28.3 Å². The third-order valence-corrected chi connectivity index (χ3v) is 3.95. The maximum absolute atomic E-state index is 12.2. The molecule has 0 aliphatic heterocycles. The molecule has 3 rings (SSSR count). The lowest BCUT2D eigenvalue weighted by Crippen LogP contribution is -2.32. The summed E-state index contributed by atoms with van der Waals surface area (Å²) in [6.45, 7) is 0.274. The molecule has 1 aromatic carbocycles. The van der Waals surface area contributed by atoms with Crippen LogP contribution in [0.5, 0.6) is 0 Å². The molecule has 0 aliphatic carbocycles. The second-order valence-electron chi connectivity index (χ2n) is 5.87. The summed E-state index contributed by atoms with van der Waals surface area (Å²) in [5.74, 6) is -0.446. The van der Waals surface area contributed by atoms with Gasteiger partial charge in [-0.05, 0) is 42.0 Å². The van der Waals surface area contributed by atoms with Crippen LogP contribution in [0.15, 0.2) is 73.3 Å². The number of nitrogens with zero attached hydrogens (tertiary/aromatic N) is 2. The fourth-order valence-corrected chi connectivity index (χ4v) is 2.44. The van der Waals surface area contributed by atoms with Crippen molar-refractivity contribution in [3.63, 3.8) is 0 Å². The van der Waals surface area contributed by atoms with Crippen LogP contribution in [0.3, 0.4) is 0 Å². The maximum atomic E-state index is 12.2. The summed E-state index contributed by atoms with van der Waals surface area (Å²) >= 11 is 0. The van der Waals surface area contributed by atoms with Crippen molar-refractivity contribution in [2.24, 2.45) is 5.73 Å². The molecule has 2 amide bonds. The average molecular weight is 361 g/mol. The average Bonchev–Trinajstić information content (AvgIpc) is 2.73. The number of aromatic nitrogens is 2. The zero-order chi connectivity index (χ0) is 19.1. The summed E-state index contributed by atoms with van der Waals surface area (Å²) in [7, 11) is 0. The fraction of sp³-hybridized carbons (Fsp3) is 0.100. The van der Waals surface area contributed by atoms with Gasteiger partial charge in [0.05, 0.1) is 5.56 Å². The Bertz CT molecular complexity index is 899. The smallest absolute Gasteiger partial charge is 0.255 e. The first-order valence-electron chi connectivity index (χ1n) is 8.38. The fourth-order valence-electron chi connectivity index (χ4n) is 2.44. The van der Waals surface area contributed by atoms with Crippen LogP contribution in [0.4, 0.5) is 5.69 Å². The van der Waals surface area contributed by atoms with Gasteiger partial charge in [0.15, 0.2) is 0 Å². The Morgan fingerprint density at radius 3 is 2.30 bits per heavy atom. The van der Waals surface area contributed by atoms with Crippen LogP contribution < -0.4 is 16.4 Å². The second-order valence-corrected chi connectivity index (χ2v) is 5.87. The summed E-state index contributed by atoms with van der Waals surface area (Å²) in [6.07, 6.45) is 6.32. The molecule has 0 bridgehead atoms. The number of nitrogens with two attached hydrogens (primary N) is 1. The van der Waals surface area contributed by atoms with Gasteiger partial charge in [0, 0.05) is 48.6 Å². The maximum Gasteiger partial charge on any atom is 0.255 e. The number of hydrogen-bond acceptors (Lipinski definition) is 5. The van der Waals surface area contributed by atoms with Crippen LogP contribution in [0, 0.1) is 0 Å². The molecule has 2 aromatic heterocycles. The molecule has 0 fully saturated rings. The molecule has 0 spiro atoms. The lowest BCUT2D eigenvalue weighted by Gasteiger charge is -2.14. The van der Waals surface area contributed by atoms with Gasteiger partial charge in [-0.15, -0.1) is 0 Å². The monoisotopic (exact) mass is 361 g/mol. The Hall–Kier alpha value is -3.58. The Labute approximate surface area is 156 Å². The first kappa shape index (κ1) is 18.2. The molecule has 0 radical (unpaired) electrons. The number of hydrogen-bond donors (Lipinski definition) is 3. The summed E-state index contributed by atoms with van der Waals surface area (Å²) in [5.41, 5.74) is 8.62. The highest BCUT2D eigenvalue weighted by Crippen LogP contribution is 2.13. The summed E-state index contributed by atoms with van der Waals surface area (Å²) < 4.78 is 0. The van der Waals surface area contributed by atoms with E-state index >= 15 is 0 Å². The number of rotatable bonds is 6. The van der Waals surface area contributed by atoms with Crippen LogP contribution in [-0.2, 0) is 0 Å². The van der Waals surface area contributed by atoms with Crippen molar-refractivity contribution < 1.29 is 9.59 Å². The van der Waals surface area contributed by atoms with Crippen LogP contribution >= 0.6 is 0 Å². The Morgan fingerprint density at radius 1 is 0.889 bits per heavy atom. The summed E-state index contributed by atoms with van der Waals surface area (Å²) in [5, 5.41) is 5.57. The SMILES string of the molecule is NC(CNC(=O)c1cccnc1)c1ccc(C(=O)Nc2ccncc2)cc1. The zero-order valence-electron chi connectivity index (χ0n) is 14.5. The predicted molar refractivity (Wildman–Crippen MR) is 102 cm³/mol. The minimum atomic E-state index is -0.386. The van der Waals surface area contributed by atoms with Crippen molar-refractivity contribution in [3.8, 4) is 0 Å². The Morgan fingerprint density at radius 2 is 1.63 bits per heavy atom. The molecular weight excluding hydrogens is 342 g/mol. The topological polar surface area (TPSA) is 110 Å². The van der Waals surface area contributed by atoms with Gasteiger partial charge in [-0.2, -0.15) is 0 Å². The highest BCUT2D eigenvalue weighted by atomic mass is 16.2. The first-order valence-corrected chi connectivity index (χ1v) is 8.38. The van der Waals surface area contributed by atoms with Crippen molar-refractivity contribution in [1.82, 2.24) is 15.3 Å². The Balaban J connectivity index is 1.56. The van der Waals surface area contributed by atoms with Gasteiger partial charge in [0.2, 0.25) is 0 Å². The minimum absolute atomic E-state index is 0.216. The molecule has 7 heteroatoms. The van der Waals surface area contributed by atoms with Gasteiger partial charge in [0.25, 0.3) is 11.8 Å². The molecule has 4 N–H and O–H groups in total. The van der Waals surface area contributed by atoms with Gasteiger partial charge >= 0.3 is 0 Å². The van der Waals surface area contributed by atoms with E-state index in [1.54, 1.807) is 67.1 Å². The van der Waals surface area contributed by atoms with Gasteiger partial charge in [-0.3, -0.25) is 19.6 Å². The quantitative estimate of drug-likeness (QED) is 0.623. The van der Waals surface area contributed by atoms with Crippen LogP contribution in [0.1, 0.15) is 32.3 Å². The molecule has 1 atom stereocenters. The standard InChI is InChI=1S/C20H19N5O2/c21-18(13-24-19(26)16-2-1-9-23-12-16)14-3-5-15(6-4-14)20(27)25-17-7-10-22-11-8-17/h1-12,18H,13,21H2,(H,24,26)(H,22,25,27). The number of anilines is 1. The van der Waals surface area contributed by atoms with E-state index in [0.29, 0.717) is 16.8 Å². The molecule has 3 aromatic rings. The minimum Gasteiger partial charge on any atom is -0.350 e.